The summed E-state index contributed by atoms with van der Waals surface area (Å²) in [7, 11) is -3.76. The first kappa shape index (κ1) is 21.9. The molecular weight excluding hydrogens is 462 g/mol. The number of nitrogens with zero attached hydrogens (tertiary/aromatic N) is 3. The maximum atomic E-state index is 13.0. The van der Waals surface area contributed by atoms with E-state index in [1.807, 2.05) is 6.92 Å². The number of ether oxygens (including phenoxy) is 1. The summed E-state index contributed by atoms with van der Waals surface area (Å²) in [6.07, 6.45) is 0. The Balaban J connectivity index is 1.71. The second kappa shape index (κ2) is 9.04. The molecule has 0 saturated carbocycles. The van der Waals surface area contributed by atoms with Crippen molar-refractivity contribution in [1.82, 2.24) is 19.5 Å². The van der Waals surface area contributed by atoms with Crippen LogP contribution in [0.25, 0.3) is 10.9 Å². The summed E-state index contributed by atoms with van der Waals surface area (Å²) < 4.78 is 33.3. The Labute approximate surface area is 186 Å². The van der Waals surface area contributed by atoms with Gasteiger partial charge in [-0.3, -0.25) is 14.9 Å². The van der Waals surface area contributed by atoms with Gasteiger partial charge in [0.25, 0.3) is 5.91 Å². The van der Waals surface area contributed by atoms with Crippen molar-refractivity contribution < 1.29 is 17.9 Å². The molecule has 3 aromatic rings. The molecule has 0 unspecified atom stereocenters. The number of carbonyl (C=O) groups is 1. The monoisotopic (exact) mass is 481 g/mol. The molecule has 3 heterocycles. The van der Waals surface area contributed by atoms with Crippen molar-refractivity contribution >= 4 is 55.1 Å². The van der Waals surface area contributed by atoms with Crippen molar-refractivity contribution in [3.8, 4) is 0 Å². The molecule has 164 valence electrons. The molecule has 10 nitrogen and oxygen atoms in total. The minimum Gasteiger partial charge on any atom is -0.379 e. The quantitative estimate of drug-likeness (QED) is 0.402. The van der Waals surface area contributed by atoms with Gasteiger partial charge in [0, 0.05) is 30.1 Å². The molecule has 0 atom stereocenters. The zero-order valence-electron chi connectivity index (χ0n) is 16.5. The largest absolute Gasteiger partial charge is 0.379 e. The van der Waals surface area contributed by atoms with Crippen LogP contribution in [0.4, 0.5) is 5.13 Å². The van der Waals surface area contributed by atoms with Gasteiger partial charge < -0.3 is 9.72 Å². The molecule has 0 spiro atoms. The molecule has 0 aliphatic carbocycles. The van der Waals surface area contributed by atoms with Crippen LogP contribution in [0.15, 0.2) is 38.3 Å². The summed E-state index contributed by atoms with van der Waals surface area (Å²) in [4.78, 5) is 27.7. The smallest absolute Gasteiger partial charge is 0.258 e. The molecule has 1 saturated heterocycles. The number of morpholine rings is 1. The third-order valence-electron chi connectivity index (χ3n) is 4.56. The van der Waals surface area contributed by atoms with Crippen molar-refractivity contribution in [2.75, 3.05) is 37.4 Å². The number of pyridine rings is 1. The van der Waals surface area contributed by atoms with Crippen LogP contribution >= 0.6 is 23.1 Å². The van der Waals surface area contributed by atoms with E-state index in [4.69, 9.17) is 4.74 Å². The Morgan fingerprint density at radius 3 is 2.81 bits per heavy atom. The van der Waals surface area contributed by atoms with Crippen LogP contribution < -0.4 is 10.9 Å². The van der Waals surface area contributed by atoms with Crippen LogP contribution in [0.5, 0.6) is 0 Å². The molecule has 2 N–H and O–H groups in total. The normalized spacial score (nSPS) is 15.3. The van der Waals surface area contributed by atoms with Gasteiger partial charge in [0.05, 0.1) is 23.7 Å². The summed E-state index contributed by atoms with van der Waals surface area (Å²) in [5.41, 5.74) is -0.0586. The van der Waals surface area contributed by atoms with Crippen LogP contribution in [0.3, 0.4) is 0 Å². The molecule has 1 fully saturated rings. The fraction of sp³-hybridized carbons (Fsp3) is 0.333. The summed E-state index contributed by atoms with van der Waals surface area (Å²) >= 11 is 2.73. The van der Waals surface area contributed by atoms with Crippen molar-refractivity contribution in [2.24, 2.45) is 0 Å². The number of rotatable bonds is 6. The number of nitrogens with one attached hydrogen (secondary N) is 2. The van der Waals surface area contributed by atoms with Gasteiger partial charge in [-0.25, -0.2) is 8.42 Å². The first-order chi connectivity index (χ1) is 14.9. The summed E-state index contributed by atoms with van der Waals surface area (Å²) in [6, 6.07) is 5.46. The van der Waals surface area contributed by atoms with Gasteiger partial charge in [0.1, 0.15) is 0 Å². The minimum atomic E-state index is -3.76. The van der Waals surface area contributed by atoms with Gasteiger partial charge in [-0.2, -0.15) is 4.31 Å². The highest BCUT2D eigenvalue weighted by atomic mass is 32.2. The number of carbonyl (C=O) groups excluding carboxylic acids is 1. The Kier molecular flexibility index (Phi) is 6.39. The van der Waals surface area contributed by atoms with Crippen LogP contribution in [0.2, 0.25) is 0 Å². The lowest BCUT2D eigenvalue weighted by Crippen LogP contribution is -2.40. The number of aromatic nitrogens is 3. The van der Waals surface area contributed by atoms with E-state index < -0.39 is 21.5 Å². The van der Waals surface area contributed by atoms with E-state index in [1.54, 1.807) is 0 Å². The second-order valence-electron chi connectivity index (χ2n) is 6.53. The summed E-state index contributed by atoms with van der Waals surface area (Å²) in [5.74, 6) is 0.253. The van der Waals surface area contributed by atoms with Gasteiger partial charge in [-0.15, -0.1) is 10.2 Å². The first-order valence-electron chi connectivity index (χ1n) is 9.41. The number of hydrogen-bond acceptors (Lipinski definition) is 9. The zero-order chi connectivity index (χ0) is 22.0. The Hall–Kier alpha value is -2.32. The highest BCUT2D eigenvalue weighted by Crippen LogP contribution is 2.27. The van der Waals surface area contributed by atoms with Crippen LogP contribution in [-0.4, -0.2) is 65.9 Å². The van der Waals surface area contributed by atoms with Crippen LogP contribution in [0, 0.1) is 0 Å². The number of sulfonamides is 1. The number of H-pyrrole nitrogens is 1. The number of aromatic amines is 1. The van der Waals surface area contributed by atoms with E-state index in [0.717, 1.165) is 11.8 Å². The molecule has 2 aromatic heterocycles. The number of anilines is 1. The van der Waals surface area contributed by atoms with Gasteiger partial charge in [-0.1, -0.05) is 30.0 Å². The lowest BCUT2D eigenvalue weighted by Gasteiger charge is -2.26. The maximum absolute atomic E-state index is 13.0. The SMILES string of the molecule is CCSc1nnc(NC(=O)c2cc(=O)[nH]c3ccc(S(=O)(=O)N4CCOCC4)cc23)s1. The van der Waals surface area contributed by atoms with Crippen molar-refractivity contribution in [1.29, 1.82) is 0 Å². The first-order valence-corrected chi connectivity index (χ1v) is 12.7. The fourth-order valence-electron chi connectivity index (χ4n) is 3.12. The number of thioether (sulfide) groups is 1. The third kappa shape index (κ3) is 4.65. The lowest BCUT2D eigenvalue weighted by molar-refractivity contribution is 0.0730. The van der Waals surface area contributed by atoms with Gasteiger partial charge in [0.15, 0.2) is 4.34 Å². The number of amides is 1. The van der Waals surface area contributed by atoms with Crippen LogP contribution in [0.1, 0.15) is 17.3 Å². The van der Waals surface area contributed by atoms with E-state index in [-0.39, 0.29) is 23.5 Å². The topological polar surface area (TPSA) is 134 Å². The molecule has 0 bridgehead atoms. The van der Waals surface area contributed by atoms with Gasteiger partial charge in [0.2, 0.25) is 20.7 Å². The fourth-order valence-corrected chi connectivity index (χ4v) is 6.20. The molecular formula is C18H19N5O5S3. The van der Waals surface area contributed by atoms with E-state index in [9.17, 15) is 18.0 Å². The Morgan fingerprint density at radius 1 is 1.29 bits per heavy atom. The predicted molar refractivity (Wildman–Crippen MR) is 118 cm³/mol. The number of benzene rings is 1. The highest BCUT2D eigenvalue weighted by molar-refractivity contribution is 8.01. The average Bonchev–Trinajstić information content (AvgIpc) is 3.20. The molecule has 4 rings (SSSR count). The average molecular weight is 482 g/mol. The maximum Gasteiger partial charge on any atom is 0.258 e. The van der Waals surface area contributed by atoms with E-state index >= 15 is 0 Å². The Bertz CT molecular complexity index is 1280. The third-order valence-corrected chi connectivity index (χ3v) is 8.31. The van der Waals surface area contributed by atoms with E-state index in [2.05, 4.69) is 20.5 Å². The molecule has 31 heavy (non-hydrogen) atoms. The summed E-state index contributed by atoms with van der Waals surface area (Å²) in [5, 5.41) is 11.2. The minimum absolute atomic E-state index is 0.0422. The lowest BCUT2D eigenvalue weighted by atomic mass is 10.1. The van der Waals surface area contributed by atoms with E-state index in [0.29, 0.717) is 33.6 Å². The number of hydrogen-bond donors (Lipinski definition) is 2. The van der Waals surface area contributed by atoms with Crippen molar-refractivity contribution in [3.05, 3.63) is 40.2 Å². The molecule has 1 aliphatic heterocycles. The molecule has 0 radical (unpaired) electrons. The number of fused-ring (bicyclic) bond motifs is 1. The molecule has 1 aliphatic rings. The van der Waals surface area contributed by atoms with E-state index in [1.165, 1.54) is 45.6 Å². The predicted octanol–water partition coefficient (Wildman–Crippen LogP) is 1.76. The van der Waals surface area contributed by atoms with Crippen molar-refractivity contribution in [3.63, 3.8) is 0 Å². The molecule has 1 amide bonds. The van der Waals surface area contributed by atoms with Crippen LogP contribution in [-0.2, 0) is 14.8 Å². The summed E-state index contributed by atoms with van der Waals surface area (Å²) in [6.45, 7) is 3.15. The molecule has 13 heteroatoms. The highest BCUT2D eigenvalue weighted by Gasteiger charge is 2.27. The second-order valence-corrected chi connectivity index (χ2v) is 11.0. The van der Waals surface area contributed by atoms with Crippen molar-refractivity contribution in [2.45, 2.75) is 16.2 Å². The van der Waals surface area contributed by atoms with Gasteiger partial charge in [-0.05, 0) is 24.0 Å². The molecule has 1 aromatic carbocycles. The zero-order valence-corrected chi connectivity index (χ0v) is 18.9. The standard InChI is InChI=1S/C18H19N5O5S3/c1-2-29-18-22-21-17(30-18)20-16(25)13-10-15(24)19-14-4-3-11(9-12(13)14)31(26,27)23-5-7-28-8-6-23/h3-4,9-10H,2,5-8H2,1H3,(H,19,24)(H,20,21,25). The Morgan fingerprint density at radius 2 is 2.06 bits per heavy atom. The van der Waals surface area contributed by atoms with Gasteiger partial charge >= 0.3 is 0 Å².